The van der Waals surface area contributed by atoms with Crippen molar-refractivity contribution in [1.29, 1.82) is 0 Å². The van der Waals surface area contributed by atoms with Crippen molar-refractivity contribution >= 4 is 0 Å². The molecule has 0 radical (unpaired) electrons. The van der Waals surface area contributed by atoms with E-state index in [1.165, 1.54) is 25.4 Å². The zero-order valence-electron chi connectivity index (χ0n) is 10.8. The molecule has 2 aromatic rings. The Kier molecular flexibility index (Phi) is 4.21. The molecule has 0 aliphatic carbocycles. The predicted molar refractivity (Wildman–Crippen MR) is 65.5 cm³/mol. The maximum Gasteiger partial charge on any atom is 0.227 e. The Morgan fingerprint density at radius 2 is 2.11 bits per heavy atom. The number of hydrogen-bond acceptors (Lipinski definition) is 4. The lowest BCUT2D eigenvalue weighted by molar-refractivity contribution is 0.372. The number of nitrogens with zero attached hydrogens (tertiary/aromatic N) is 2. The minimum absolute atomic E-state index is 0.293. The highest BCUT2D eigenvalue weighted by Crippen LogP contribution is 2.20. The first-order chi connectivity index (χ1) is 9.08. The van der Waals surface area contributed by atoms with Crippen LogP contribution in [-0.4, -0.2) is 16.7 Å². The van der Waals surface area contributed by atoms with E-state index >= 15 is 0 Å². The molecule has 0 saturated carbocycles. The van der Waals surface area contributed by atoms with Crippen molar-refractivity contribution in [2.45, 2.75) is 26.3 Å². The SMILES string of the molecule is Cc1cc(F)c(C(C)NCCc2ncno2)cc1F. The monoisotopic (exact) mass is 267 g/mol. The van der Waals surface area contributed by atoms with Crippen LogP contribution in [0.1, 0.15) is 30.0 Å². The summed E-state index contributed by atoms with van der Waals surface area (Å²) in [6.07, 6.45) is 1.87. The van der Waals surface area contributed by atoms with Gasteiger partial charge in [0.05, 0.1) is 0 Å². The Balaban J connectivity index is 1.96. The van der Waals surface area contributed by atoms with Gasteiger partial charge in [-0.1, -0.05) is 5.16 Å². The third kappa shape index (κ3) is 3.35. The number of halogens is 2. The molecule has 0 spiro atoms. The second-order valence-corrected chi connectivity index (χ2v) is 4.38. The highest BCUT2D eigenvalue weighted by Gasteiger charge is 2.13. The first kappa shape index (κ1) is 13.6. The number of aryl methyl sites for hydroxylation is 1. The normalized spacial score (nSPS) is 12.6. The van der Waals surface area contributed by atoms with Crippen molar-refractivity contribution in [3.05, 3.63) is 47.1 Å². The molecule has 1 atom stereocenters. The Hall–Kier alpha value is -1.82. The minimum Gasteiger partial charge on any atom is -0.340 e. The van der Waals surface area contributed by atoms with Gasteiger partial charge in [0.1, 0.15) is 11.6 Å². The van der Waals surface area contributed by atoms with Gasteiger partial charge >= 0.3 is 0 Å². The van der Waals surface area contributed by atoms with Crippen molar-refractivity contribution < 1.29 is 13.3 Å². The Labute approximate surface area is 109 Å². The highest BCUT2D eigenvalue weighted by molar-refractivity contribution is 5.27. The smallest absolute Gasteiger partial charge is 0.227 e. The summed E-state index contributed by atoms with van der Waals surface area (Å²) in [6.45, 7) is 3.86. The molecule has 2 rings (SSSR count). The zero-order chi connectivity index (χ0) is 13.8. The van der Waals surface area contributed by atoms with Crippen LogP contribution in [-0.2, 0) is 6.42 Å². The summed E-state index contributed by atoms with van der Waals surface area (Å²) in [5, 5.41) is 6.58. The standard InChI is InChI=1S/C13H15F2N3O/c1-8-5-12(15)10(6-11(8)14)9(2)16-4-3-13-17-7-18-19-13/h5-7,9,16H,3-4H2,1-2H3. The fourth-order valence-corrected chi connectivity index (χ4v) is 1.81. The van der Waals surface area contributed by atoms with Crippen LogP contribution >= 0.6 is 0 Å². The largest absolute Gasteiger partial charge is 0.340 e. The lowest BCUT2D eigenvalue weighted by atomic mass is 10.0. The first-order valence-electron chi connectivity index (χ1n) is 6.02. The van der Waals surface area contributed by atoms with Crippen LogP contribution in [0.5, 0.6) is 0 Å². The maximum absolute atomic E-state index is 13.7. The second kappa shape index (κ2) is 5.88. The average Bonchev–Trinajstić information content (AvgIpc) is 2.86. The molecule has 6 heteroatoms. The molecule has 19 heavy (non-hydrogen) atoms. The van der Waals surface area contributed by atoms with Crippen LogP contribution in [0.2, 0.25) is 0 Å². The van der Waals surface area contributed by atoms with Gasteiger partial charge in [-0.2, -0.15) is 4.98 Å². The summed E-state index contributed by atoms with van der Waals surface area (Å²) in [5.41, 5.74) is 0.618. The van der Waals surface area contributed by atoms with Crippen molar-refractivity contribution in [3.63, 3.8) is 0 Å². The Morgan fingerprint density at radius 1 is 1.32 bits per heavy atom. The molecule has 1 N–H and O–H groups in total. The van der Waals surface area contributed by atoms with Gasteiger partial charge in [-0.25, -0.2) is 8.78 Å². The molecular weight excluding hydrogens is 252 g/mol. The predicted octanol–water partition coefficient (Wildman–Crippen LogP) is 2.55. The van der Waals surface area contributed by atoms with E-state index in [-0.39, 0.29) is 6.04 Å². The summed E-state index contributed by atoms with van der Waals surface area (Å²) < 4.78 is 32.0. The molecule has 0 bridgehead atoms. The van der Waals surface area contributed by atoms with Crippen LogP contribution in [0.3, 0.4) is 0 Å². The van der Waals surface area contributed by atoms with Crippen LogP contribution in [0.4, 0.5) is 8.78 Å². The second-order valence-electron chi connectivity index (χ2n) is 4.38. The number of nitrogens with one attached hydrogen (secondary N) is 1. The lowest BCUT2D eigenvalue weighted by Crippen LogP contribution is -2.22. The van der Waals surface area contributed by atoms with Crippen LogP contribution in [0.15, 0.2) is 23.0 Å². The maximum atomic E-state index is 13.7. The lowest BCUT2D eigenvalue weighted by Gasteiger charge is -2.15. The van der Waals surface area contributed by atoms with E-state index in [1.54, 1.807) is 6.92 Å². The molecule has 4 nitrogen and oxygen atoms in total. The van der Waals surface area contributed by atoms with E-state index < -0.39 is 11.6 Å². The number of rotatable bonds is 5. The van der Waals surface area contributed by atoms with Gasteiger partial charge in [-0.15, -0.1) is 0 Å². The van der Waals surface area contributed by atoms with Gasteiger partial charge in [-0.3, -0.25) is 0 Å². The summed E-state index contributed by atoms with van der Waals surface area (Å²) >= 11 is 0. The molecule has 102 valence electrons. The van der Waals surface area contributed by atoms with Gasteiger partial charge in [0.25, 0.3) is 0 Å². The van der Waals surface area contributed by atoms with Crippen LogP contribution < -0.4 is 5.32 Å². The van der Waals surface area contributed by atoms with Gasteiger partial charge in [0.15, 0.2) is 6.33 Å². The molecular formula is C13H15F2N3O. The molecule has 0 amide bonds. The number of benzene rings is 1. The van der Waals surface area contributed by atoms with Gasteiger partial charge in [0.2, 0.25) is 5.89 Å². The van der Waals surface area contributed by atoms with E-state index in [0.717, 1.165) is 0 Å². The van der Waals surface area contributed by atoms with E-state index in [2.05, 4.69) is 15.5 Å². The average molecular weight is 267 g/mol. The minimum atomic E-state index is -0.406. The summed E-state index contributed by atoms with van der Waals surface area (Å²) in [7, 11) is 0. The van der Waals surface area contributed by atoms with E-state index in [9.17, 15) is 8.78 Å². The fraction of sp³-hybridized carbons (Fsp3) is 0.385. The molecule has 1 heterocycles. The zero-order valence-corrected chi connectivity index (χ0v) is 10.8. The molecule has 0 aliphatic heterocycles. The van der Waals surface area contributed by atoms with Gasteiger partial charge in [0, 0.05) is 24.6 Å². The van der Waals surface area contributed by atoms with Gasteiger partial charge in [-0.05, 0) is 31.5 Å². The van der Waals surface area contributed by atoms with E-state index in [0.29, 0.717) is 30.0 Å². The molecule has 1 aromatic heterocycles. The first-order valence-corrected chi connectivity index (χ1v) is 6.02. The summed E-state index contributed by atoms with van der Waals surface area (Å²) in [4.78, 5) is 3.88. The Morgan fingerprint density at radius 3 is 2.79 bits per heavy atom. The quantitative estimate of drug-likeness (QED) is 0.904. The van der Waals surface area contributed by atoms with Crippen LogP contribution in [0.25, 0.3) is 0 Å². The third-order valence-electron chi connectivity index (χ3n) is 2.94. The third-order valence-corrected chi connectivity index (χ3v) is 2.94. The van der Waals surface area contributed by atoms with Crippen molar-refractivity contribution in [2.24, 2.45) is 0 Å². The Bertz CT molecular complexity index is 543. The van der Waals surface area contributed by atoms with Crippen molar-refractivity contribution in [3.8, 4) is 0 Å². The molecule has 1 unspecified atom stereocenters. The summed E-state index contributed by atoms with van der Waals surface area (Å²) in [6, 6.07) is 2.15. The topological polar surface area (TPSA) is 51.0 Å². The van der Waals surface area contributed by atoms with Crippen molar-refractivity contribution in [1.82, 2.24) is 15.5 Å². The molecule has 1 aromatic carbocycles. The van der Waals surface area contributed by atoms with Gasteiger partial charge < -0.3 is 9.84 Å². The molecule has 0 saturated heterocycles. The fourth-order valence-electron chi connectivity index (χ4n) is 1.81. The molecule has 0 fully saturated rings. The summed E-state index contributed by atoms with van der Waals surface area (Å²) in [5.74, 6) is -0.297. The van der Waals surface area contributed by atoms with E-state index in [4.69, 9.17) is 4.52 Å². The number of aromatic nitrogens is 2. The highest BCUT2D eigenvalue weighted by atomic mass is 19.1. The van der Waals surface area contributed by atoms with E-state index in [1.807, 2.05) is 0 Å². The van der Waals surface area contributed by atoms with Crippen LogP contribution in [0, 0.1) is 18.6 Å². The molecule has 0 aliphatic rings. The van der Waals surface area contributed by atoms with Crippen molar-refractivity contribution in [2.75, 3.05) is 6.54 Å². The number of hydrogen-bond donors (Lipinski definition) is 1.